The molecule has 0 aromatic carbocycles. The number of nitrogens with one attached hydrogen (secondary N) is 1. The van der Waals surface area contributed by atoms with E-state index in [0.29, 0.717) is 26.1 Å². The van der Waals surface area contributed by atoms with Gasteiger partial charge < -0.3 is 10.1 Å². The maximum absolute atomic E-state index is 10.8. The molecular weight excluding hydrogens is 178 g/mol. The lowest BCUT2D eigenvalue weighted by atomic mass is 10.4. The van der Waals surface area contributed by atoms with Gasteiger partial charge in [0.2, 0.25) is 0 Å². The molecule has 0 aromatic heterocycles. The summed E-state index contributed by atoms with van der Waals surface area (Å²) in [5.74, 6) is -0.167. The molecule has 0 unspecified atom stereocenters. The van der Waals surface area contributed by atoms with Crippen LogP contribution in [-0.2, 0) is 9.53 Å². The van der Waals surface area contributed by atoms with Crippen LogP contribution in [0, 0.1) is 0 Å². The van der Waals surface area contributed by atoms with E-state index in [1.165, 1.54) is 5.54 Å². The number of carbonyl (C=O) groups is 1. The van der Waals surface area contributed by atoms with Crippen molar-refractivity contribution in [3.8, 4) is 0 Å². The predicted molar refractivity (Wildman–Crippen MR) is 49.1 cm³/mol. The third-order valence-electron chi connectivity index (χ3n) is 1.16. The largest absolute Gasteiger partial charge is 0.466 e. The van der Waals surface area contributed by atoms with Crippen molar-refractivity contribution in [1.29, 1.82) is 0 Å². The molecule has 0 aliphatic rings. The first-order valence-corrected chi connectivity index (χ1v) is 4.36. The topological polar surface area (TPSA) is 38.3 Å². The third-order valence-corrected chi connectivity index (χ3v) is 1.34. The maximum atomic E-state index is 10.8. The van der Waals surface area contributed by atoms with Crippen molar-refractivity contribution in [2.24, 2.45) is 0 Å². The van der Waals surface area contributed by atoms with Gasteiger partial charge in [0.15, 0.2) is 0 Å². The summed E-state index contributed by atoms with van der Waals surface area (Å²) in [6.45, 7) is 3.55. The Hall–Kier alpha value is -0.540. The number of hydrogen-bond donors (Lipinski definition) is 1. The summed E-state index contributed by atoms with van der Waals surface area (Å²) in [5.41, 5.74) is 1.44. The van der Waals surface area contributed by atoms with Crippen molar-refractivity contribution >= 4 is 17.6 Å². The van der Waals surface area contributed by atoms with E-state index < -0.39 is 0 Å². The highest BCUT2D eigenvalue weighted by molar-refractivity contribution is 6.25. The molecule has 0 saturated carbocycles. The fourth-order valence-corrected chi connectivity index (χ4v) is 0.743. The molecule has 0 rings (SSSR count). The van der Waals surface area contributed by atoms with Crippen LogP contribution in [0.5, 0.6) is 0 Å². The lowest BCUT2D eigenvalue weighted by Crippen LogP contribution is -2.19. The average molecular weight is 192 g/mol. The predicted octanol–water partition coefficient (Wildman–Crippen LogP) is 1.28. The summed E-state index contributed by atoms with van der Waals surface area (Å²) in [6.07, 6.45) is 2.18. The van der Waals surface area contributed by atoms with Crippen LogP contribution in [0.15, 0.2) is 11.6 Å². The van der Waals surface area contributed by atoms with Crippen LogP contribution in [0.25, 0.3) is 0 Å². The molecule has 0 fully saturated rings. The number of rotatable bonds is 6. The summed E-state index contributed by atoms with van der Waals surface area (Å²) in [6, 6.07) is 0. The van der Waals surface area contributed by atoms with Gasteiger partial charge in [0.05, 0.1) is 13.0 Å². The normalized spacial score (nSPS) is 10.5. The molecular formula is C8H14ClNO2. The van der Waals surface area contributed by atoms with Gasteiger partial charge in [0.1, 0.15) is 0 Å². The number of esters is 1. The standard InChI is InChI=1S/C8H14ClNO2/c1-2-12-8(11)4-7-10-6-3-5-9/h3,5,10H,2,4,6-7H2,1H3. The van der Waals surface area contributed by atoms with Crippen molar-refractivity contribution < 1.29 is 9.53 Å². The molecule has 0 atom stereocenters. The van der Waals surface area contributed by atoms with E-state index in [2.05, 4.69) is 5.32 Å². The maximum Gasteiger partial charge on any atom is 0.307 e. The zero-order chi connectivity index (χ0) is 9.23. The van der Waals surface area contributed by atoms with Crippen LogP contribution in [0.4, 0.5) is 0 Å². The average Bonchev–Trinajstić information content (AvgIpc) is 2.05. The van der Waals surface area contributed by atoms with E-state index in [1.54, 1.807) is 13.0 Å². The minimum absolute atomic E-state index is 0.167. The van der Waals surface area contributed by atoms with Gasteiger partial charge in [0.25, 0.3) is 0 Å². The zero-order valence-corrected chi connectivity index (χ0v) is 7.93. The number of carbonyl (C=O) groups excluding carboxylic acids is 1. The highest BCUT2D eigenvalue weighted by Crippen LogP contribution is 1.84. The monoisotopic (exact) mass is 191 g/mol. The van der Waals surface area contributed by atoms with Gasteiger partial charge in [-0.3, -0.25) is 4.79 Å². The minimum atomic E-state index is -0.167. The van der Waals surface area contributed by atoms with Crippen LogP contribution >= 0.6 is 11.6 Å². The van der Waals surface area contributed by atoms with E-state index in [9.17, 15) is 4.79 Å². The van der Waals surface area contributed by atoms with Crippen molar-refractivity contribution in [2.45, 2.75) is 13.3 Å². The molecule has 0 amide bonds. The molecule has 0 saturated heterocycles. The van der Waals surface area contributed by atoms with Gasteiger partial charge in [-0.15, -0.1) is 0 Å². The lowest BCUT2D eigenvalue weighted by molar-refractivity contribution is -0.142. The molecule has 70 valence electrons. The van der Waals surface area contributed by atoms with E-state index in [1.807, 2.05) is 0 Å². The van der Waals surface area contributed by atoms with Gasteiger partial charge >= 0.3 is 5.97 Å². The fourth-order valence-electron chi connectivity index (χ4n) is 0.654. The fraction of sp³-hybridized carbons (Fsp3) is 0.625. The quantitative estimate of drug-likeness (QED) is 0.508. The number of hydrogen-bond acceptors (Lipinski definition) is 3. The van der Waals surface area contributed by atoms with Crippen molar-refractivity contribution in [3.63, 3.8) is 0 Å². The zero-order valence-electron chi connectivity index (χ0n) is 7.18. The molecule has 0 aliphatic carbocycles. The molecule has 3 nitrogen and oxygen atoms in total. The molecule has 0 heterocycles. The number of halogens is 1. The van der Waals surface area contributed by atoms with Crippen LogP contribution < -0.4 is 5.32 Å². The molecule has 4 heteroatoms. The van der Waals surface area contributed by atoms with E-state index in [4.69, 9.17) is 16.3 Å². The first kappa shape index (κ1) is 11.5. The Bertz CT molecular complexity index is 148. The highest BCUT2D eigenvalue weighted by atomic mass is 35.5. The van der Waals surface area contributed by atoms with Gasteiger partial charge in [0, 0.05) is 18.6 Å². The van der Waals surface area contributed by atoms with Gasteiger partial charge in [-0.05, 0) is 6.92 Å². The molecule has 0 spiro atoms. The Morgan fingerprint density at radius 2 is 2.42 bits per heavy atom. The Morgan fingerprint density at radius 1 is 1.67 bits per heavy atom. The molecule has 12 heavy (non-hydrogen) atoms. The van der Waals surface area contributed by atoms with Gasteiger partial charge in [-0.25, -0.2) is 0 Å². The Labute approximate surface area is 77.7 Å². The number of ether oxygens (including phenoxy) is 1. The molecule has 0 radical (unpaired) electrons. The summed E-state index contributed by atoms with van der Waals surface area (Å²) < 4.78 is 4.73. The van der Waals surface area contributed by atoms with Crippen molar-refractivity contribution in [2.75, 3.05) is 19.7 Å². The molecule has 0 aliphatic heterocycles. The molecule has 0 bridgehead atoms. The second-order valence-corrected chi connectivity index (χ2v) is 2.37. The summed E-state index contributed by atoms with van der Waals surface area (Å²) >= 11 is 5.28. The van der Waals surface area contributed by atoms with Crippen molar-refractivity contribution in [3.05, 3.63) is 11.6 Å². The van der Waals surface area contributed by atoms with Crippen LogP contribution in [-0.4, -0.2) is 25.7 Å². The summed E-state index contributed by atoms with van der Waals surface area (Å²) in [4.78, 5) is 10.8. The van der Waals surface area contributed by atoms with Crippen molar-refractivity contribution in [1.82, 2.24) is 5.32 Å². The SMILES string of the molecule is CCOC(=O)CCNCC=CCl. The Kier molecular flexibility index (Phi) is 8.17. The summed E-state index contributed by atoms with van der Waals surface area (Å²) in [5, 5.41) is 3.00. The van der Waals surface area contributed by atoms with Gasteiger partial charge in [-0.1, -0.05) is 17.7 Å². The van der Waals surface area contributed by atoms with E-state index in [0.717, 1.165) is 0 Å². The van der Waals surface area contributed by atoms with Crippen LogP contribution in [0.1, 0.15) is 13.3 Å². The van der Waals surface area contributed by atoms with E-state index >= 15 is 0 Å². The first-order chi connectivity index (χ1) is 5.81. The smallest absolute Gasteiger partial charge is 0.307 e. The third kappa shape index (κ3) is 7.57. The van der Waals surface area contributed by atoms with E-state index in [-0.39, 0.29) is 5.97 Å². The first-order valence-electron chi connectivity index (χ1n) is 3.92. The second-order valence-electron chi connectivity index (χ2n) is 2.12. The minimum Gasteiger partial charge on any atom is -0.466 e. The highest BCUT2D eigenvalue weighted by Gasteiger charge is 1.98. The Morgan fingerprint density at radius 3 is 3.00 bits per heavy atom. The summed E-state index contributed by atoms with van der Waals surface area (Å²) in [7, 11) is 0. The Balaban J connectivity index is 3.13. The molecule has 0 aromatic rings. The molecule has 1 N–H and O–H groups in total. The van der Waals surface area contributed by atoms with Crippen LogP contribution in [0.3, 0.4) is 0 Å². The second kappa shape index (κ2) is 8.56. The lowest BCUT2D eigenvalue weighted by Gasteiger charge is -2.01. The van der Waals surface area contributed by atoms with Gasteiger partial charge in [-0.2, -0.15) is 0 Å². The van der Waals surface area contributed by atoms with Crippen LogP contribution in [0.2, 0.25) is 0 Å².